The van der Waals surface area contributed by atoms with Crippen LogP contribution in [0.5, 0.6) is 0 Å². The summed E-state index contributed by atoms with van der Waals surface area (Å²) in [5, 5.41) is 0. The van der Waals surface area contributed by atoms with Gasteiger partial charge in [-0.1, -0.05) is 6.07 Å². The first-order valence-electron chi connectivity index (χ1n) is 5.00. The number of pyridine rings is 1. The highest BCUT2D eigenvalue weighted by atomic mass is 16.5. The first-order chi connectivity index (χ1) is 7.26. The normalized spacial score (nSPS) is 12.7. The number of nitrogens with two attached hydrogens (primary N) is 1. The largest absolute Gasteiger partial charge is 0.382 e. The predicted molar refractivity (Wildman–Crippen MR) is 58.3 cm³/mol. The number of nitrogens with zero attached hydrogens (tertiary/aromatic N) is 1. The SMILES string of the molecule is COCC(C)OCc1ccc(CN)cn1. The fraction of sp³-hybridized carbons (Fsp3) is 0.545. The van der Waals surface area contributed by atoms with Gasteiger partial charge < -0.3 is 15.2 Å². The van der Waals surface area contributed by atoms with Gasteiger partial charge in [-0.05, 0) is 18.6 Å². The Bertz CT molecular complexity index is 274. The van der Waals surface area contributed by atoms with Crippen molar-refractivity contribution >= 4 is 0 Å². The van der Waals surface area contributed by atoms with Crippen LogP contribution in [0.4, 0.5) is 0 Å². The predicted octanol–water partition coefficient (Wildman–Crippen LogP) is 1.09. The van der Waals surface area contributed by atoms with Crippen molar-refractivity contribution in [2.75, 3.05) is 13.7 Å². The molecule has 15 heavy (non-hydrogen) atoms. The molecule has 0 saturated carbocycles. The van der Waals surface area contributed by atoms with Crippen molar-refractivity contribution in [2.45, 2.75) is 26.2 Å². The fourth-order valence-corrected chi connectivity index (χ4v) is 1.17. The number of methoxy groups -OCH3 is 1. The molecule has 1 heterocycles. The molecule has 0 aromatic carbocycles. The van der Waals surface area contributed by atoms with Gasteiger partial charge in [0, 0.05) is 19.9 Å². The van der Waals surface area contributed by atoms with Crippen molar-refractivity contribution in [3.05, 3.63) is 29.6 Å². The smallest absolute Gasteiger partial charge is 0.0892 e. The summed E-state index contributed by atoms with van der Waals surface area (Å²) in [4.78, 5) is 4.24. The van der Waals surface area contributed by atoms with Gasteiger partial charge >= 0.3 is 0 Å². The van der Waals surface area contributed by atoms with Crippen molar-refractivity contribution < 1.29 is 9.47 Å². The van der Waals surface area contributed by atoms with Crippen LogP contribution in [-0.2, 0) is 22.6 Å². The standard InChI is InChI=1S/C11H18N2O2/c1-9(7-14-2)15-8-11-4-3-10(5-12)6-13-11/h3-4,6,9H,5,7-8,12H2,1-2H3. The van der Waals surface area contributed by atoms with Crippen LogP contribution in [0, 0.1) is 0 Å². The number of hydrogen-bond donors (Lipinski definition) is 1. The van der Waals surface area contributed by atoms with Crippen LogP contribution in [0.15, 0.2) is 18.3 Å². The summed E-state index contributed by atoms with van der Waals surface area (Å²) in [5.74, 6) is 0. The fourth-order valence-electron chi connectivity index (χ4n) is 1.17. The summed E-state index contributed by atoms with van der Waals surface area (Å²) in [7, 11) is 1.66. The maximum atomic E-state index is 5.52. The van der Waals surface area contributed by atoms with E-state index in [4.69, 9.17) is 15.2 Å². The molecule has 0 aliphatic rings. The van der Waals surface area contributed by atoms with Crippen molar-refractivity contribution in [1.82, 2.24) is 4.98 Å². The molecule has 1 atom stereocenters. The van der Waals surface area contributed by atoms with Crippen molar-refractivity contribution in [3.63, 3.8) is 0 Å². The summed E-state index contributed by atoms with van der Waals surface area (Å²) >= 11 is 0. The lowest BCUT2D eigenvalue weighted by Gasteiger charge is -2.11. The third kappa shape index (κ3) is 4.38. The number of aromatic nitrogens is 1. The van der Waals surface area contributed by atoms with E-state index in [0.29, 0.717) is 19.8 Å². The second-order valence-electron chi connectivity index (χ2n) is 3.44. The van der Waals surface area contributed by atoms with Crippen LogP contribution in [0.2, 0.25) is 0 Å². The minimum absolute atomic E-state index is 0.0889. The third-order valence-electron chi connectivity index (χ3n) is 2.04. The number of ether oxygens (including phenoxy) is 2. The summed E-state index contributed by atoms with van der Waals surface area (Å²) < 4.78 is 10.5. The van der Waals surface area contributed by atoms with Gasteiger partial charge in [0.25, 0.3) is 0 Å². The van der Waals surface area contributed by atoms with E-state index in [-0.39, 0.29) is 6.10 Å². The summed E-state index contributed by atoms with van der Waals surface area (Å²) in [5.41, 5.74) is 7.42. The quantitative estimate of drug-likeness (QED) is 0.763. The van der Waals surface area contributed by atoms with Gasteiger partial charge in [-0.2, -0.15) is 0 Å². The lowest BCUT2D eigenvalue weighted by molar-refractivity contribution is -0.00137. The first-order valence-corrected chi connectivity index (χ1v) is 5.00. The van der Waals surface area contributed by atoms with Crippen molar-refractivity contribution in [3.8, 4) is 0 Å². The van der Waals surface area contributed by atoms with Crippen LogP contribution in [0.25, 0.3) is 0 Å². The van der Waals surface area contributed by atoms with Crippen LogP contribution >= 0.6 is 0 Å². The molecule has 4 nitrogen and oxygen atoms in total. The monoisotopic (exact) mass is 210 g/mol. The number of hydrogen-bond acceptors (Lipinski definition) is 4. The summed E-state index contributed by atoms with van der Waals surface area (Å²) in [6.45, 7) is 3.60. The second kappa shape index (κ2) is 6.50. The molecule has 0 spiro atoms. The zero-order valence-corrected chi connectivity index (χ0v) is 9.27. The molecule has 0 aliphatic heterocycles. The molecule has 84 valence electrons. The van der Waals surface area contributed by atoms with Crippen LogP contribution < -0.4 is 5.73 Å². The lowest BCUT2D eigenvalue weighted by atomic mass is 10.2. The van der Waals surface area contributed by atoms with Crippen molar-refractivity contribution in [2.24, 2.45) is 5.73 Å². The molecule has 4 heteroatoms. The Morgan fingerprint density at radius 3 is 2.80 bits per heavy atom. The highest BCUT2D eigenvalue weighted by Crippen LogP contribution is 2.03. The molecular weight excluding hydrogens is 192 g/mol. The molecule has 0 aliphatic carbocycles. The molecule has 1 aromatic heterocycles. The summed E-state index contributed by atoms with van der Waals surface area (Å²) in [6.07, 6.45) is 1.87. The topological polar surface area (TPSA) is 57.4 Å². The van der Waals surface area contributed by atoms with Crippen LogP contribution in [0.3, 0.4) is 0 Å². The molecule has 1 aromatic rings. The Morgan fingerprint density at radius 1 is 1.47 bits per heavy atom. The second-order valence-corrected chi connectivity index (χ2v) is 3.44. The molecule has 0 amide bonds. The van der Waals surface area contributed by atoms with Crippen LogP contribution in [0.1, 0.15) is 18.2 Å². The minimum Gasteiger partial charge on any atom is -0.382 e. The third-order valence-corrected chi connectivity index (χ3v) is 2.04. The van der Waals surface area contributed by atoms with E-state index in [1.165, 1.54) is 0 Å². The molecule has 1 unspecified atom stereocenters. The zero-order chi connectivity index (χ0) is 11.1. The van der Waals surface area contributed by atoms with E-state index < -0.39 is 0 Å². The van der Waals surface area contributed by atoms with Crippen molar-refractivity contribution in [1.29, 1.82) is 0 Å². The van der Waals surface area contributed by atoms with Crippen LogP contribution in [-0.4, -0.2) is 24.8 Å². The van der Waals surface area contributed by atoms with Gasteiger partial charge in [0.2, 0.25) is 0 Å². The molecule has 0 fully saturated rings. The average molecular weight is 210 g/mol. The Kier molecular flexibility index (Phi) is 5.25. The van der Waals surface area contributed by atoms with E-state index in [2.05, 4.69) is 4.98 Å². The Labute approximate surface area is 90.4 Å². The van der Waals surface area contributed by atoms with Gasteiger partial charge in [-0.15, -0.1) is 0 Å². The molecule has 0 bridgehead atoms. The van der Waals surface area contributed by atoms with Gasteiger partial charge in [0.05, 0.1) is 25.0 Å². The molecule has 0 radical (unpaired) electrons. The lowest BCUT2D eigenvalue weighted by Crippen LogP contribution is -2.14. The van der Waals surface area contributed by atoms with E-state index in [9.17, 15) is 0 Å². The average Bonchev–Trinajstić information content (AvgIpc) is 2.27. The Morgan fingerprint density at radius 2 is 2.27 bits per heavy atom. The van der Waals surface area contributed by atoms with Gasteiger partial charge in [-0.25, -0.2) is 0 Å². The maximum Gasteiger partial charge on any atom is 0.0892 e. The maximum absolute atomic E-state index is 5.52. The van der Waals surface area contributed by atoms with Gasteiger partial charge in [0.15, 0.2) is 0 Å². The highest BCUT2D eigenvalue weighted by molar-refractivity contribution is 5.13. The van der Waals surface area contributed by atoms with E-state index in [0.717, 1.165) is 11.3 Å². The van der Waals surface area contributed by atoms with Gasteiger partial charge in [-0.3, -0.25) is 4.98 Å². The first kappa shape index (κ1) is 12.1. The zero-order valence-electron chi connectivity index (χ0n) is 9.27. The summed E-state index contributed by atoms with van der Waals surface area (Å²) in [6, 6.07) is 3.90. The van der Waals surface area contributed by atoms with E-state index >= 15 is 0 Å². The van der Waals surface area contributed by atoms with Gasteiger partial charge in [0.1, 0.15) is 0 Å². The Balaban J connectivity index is 2.37. The molecular formula is C11H18N2O2. The highest BCUT2D eigenvalue weighted by Gasteiger charge is 2.02. The Hall–Kier alpha value is -0.970. The van der Waals surface area contributed by atoms with E-state index in [1.807, 2.05) is 19.1 Å². The molecule has 2 N–H and O–H groups in total. The minimum atomic E-state index is 0.0889. The molecule has 1 rings (SSSR count). The number of rotatable bonds is 6. The van der Waals surface area contributed by atoms with E-state index in [1.54, 1.807) is 13.3 Å². The molecule has 0 saturated heterocycles.